The molecule has 2 heterocycles. The standard InChI is InChI=1S/C13H15N3O3S/c1-6(10(14)17)16-12(18)9-7-4-2-3-5-8(7)20-11(9)15-13(16)19/h6H,2-5H2,1H3,(H2,14,17)(H,15,19). The molecule has 20 heavy (non-hydrogen) atoms. The van der Waals surface area contributed by atoms with Gasteiger partial charge in [-0.1, -0.05) is 0 Å². The average Bonchev–Trinajstić information content (AvgIpc) is 2.76. The number of carbonyl (C=O) groups excluding carboxylic acids is 1. The molecule has 6 nitrogen and oxygen atoms in total. The van der Waals surface area contributed by atoms with Crippen LogP contribution in [0, 0.1) is 0 Å². The van der Waals surface area contributed by atoms with E-state index >= 15 is 0 Å². The Hall–Kier alpha value is -1.89. The van der Waals surface area contributed by atoms with Crippen molar-refractivity contribution >= 4 is 27.5 Å². The molecule has 1 aliphatic rings. The molecule has 106 valence electrons. The zero-order valence-corrected chi connectivity index (χ0v) is 11.9. The van der Waals surface area contributed by atoms with E-state index in [1.54, 1.807) is 0 Å². The van der Waals surface area contributed by atoms with Crippen LogP contribution in [0.25, 0.3) is 10.2 Å². The number of aromatic nitrogens is 2. The number of H-pyrrole nitrogens is 1. The molecule has 3 rings (SSSR count). The van der Waals surface area contributed by atoms with Crippen LogP contribution in [0.2, 0.25) is 0 Å². The molecule has 1 aliphatic carbocycles. The fourth-order valence-corrected chi connectivity index (χ4v) is 4.00. The summed E-state index contributed by atoms with van der Waals surface area (Å²) in [6.07, 6.45) is 3.95. The number of nitrogens with one attached hydrogen (secondary N) is 1. The average molecular weight is 293 g/mol. The van der Waals surface area contributed by atoms with Crippen molar-refractivity contribution in [3.63, 3.8) is 0 Å². The van der Waals surface area contributed by atoms with Gasteiger partial charge in [-0.25, -0.2) is 9.36 Å². The second-order valence-corrected chi connectivity index (χ2v) is 6.20. The quantitative estimate of drug-likeness (QED) is 0.851. The van der Waals surface area contributed by atoms with E-state index in [9.17, 15) is 14.4 Å². The molecule has 0 fully saturated rings. The van der Waals surface area contributed by atoms with Crippen molar-refractivity contribution in [2.45, 2.75) is 38.6 Å². The van der Waals surface area contributed by atoms with Gasteiger partial charge in [0.05, 0.1) is 5.39 Å². The predicted octanol–water partition coefficient (Wildman–Crippen LogP) is 0.676. The molecule has 0 saturated carbocycles. The fraction of sp³-hybridized carbons (Fsp3) is 0.462. The largest absolute Gasteiger partial charge is 0.368 e. The molecule has 1 unspecified atom stereocenters. The summed E-state index contributed by atoms with van der Waals surface area (Å²) in [6, 6.07) is -0.949. The number of nitrogens with two attached hydrogens (primary N) is 1. The lowest BCUT2D eigenvalue weighted by molar-refractivity contribution is -0.120. The van der Waals surface area contributed by atoms with Crippen molar-refractivity contribution in [1.29, 1.82) is 0 Å². The number of aryl methyl sites for hydroxylation is 2. The number of hydrogen-bond donors (Lipinski definition) is 2. The number of amides is 1. The summed E-state index contributed by atoms with van der Waals surface area (Å²) in [7, 11) is 0. The van der Waals surface area contributed by atoms with Crippen LogP contribution < -0.4 is 17.0 Å². The lowest BCUT2D eigenvalue weighted by Gasteiger charge is -2.12. The third-order valence-electron chi connectivity index (χ3n) is 3.84. The van der Waals surface area contributed by atoms with Gasteiger partial charge in [0.2, 0.25) is 5.91 Å². The number of carbonyl (C=O) groups is 1. The Morgan fingerprint density at radius 2 is 2.05 bits per heavy atom. The Morgan fingerprint density at radius 3 is 2.75 bits per heavy atom. The van der Waals surface area contributed by atoms with Gasteiger partial charge in [-0.3, -0.25) is 14.6 Å². The van der Waals surface area contributed by atoms with Gasteiger partial charge in [-0.05, 0) is 38.2 Å². The predicted molar refractivity (Wildman–Crippen MR) is 77.3 cm³/mol. The monoisotopic (exact) mass is 293 g/mol. The van der Waals surface area contributed by atoms with Crippen LogP contribution in [0.5, 0.6) is 0 Å². The van der Waals surface area contributed by atoms with Crippen molar-refractivity contribution in [2.24, 2.45) is 5.73 Å². The van der Waals surface area contributed by atoms with Crippen LogP contribution in [0.1, 0.15) is 36.2 Å². The molecule has 2 aromatic heterocycles. The maximum Gasteiger partial charge on any atom is 0.330 e. The highest BCUT2D eigenvalue weighted by molar-refractivity contribution is 7.18. The molecule has 0 saturated heterocycles. The van der Waals surface area contributed by atoms with Crippen LogP contribution in [-0.4, -0.2) is 15.5 Å². The van der Waals surface area contributed by atoms with E-state index < -0.39 is 23.2 Å². The fourth-order valence-electron chi connectivity index (χ4n) is 2.73. The van der Waals surface area contributed by atoms with Gasteiger partial charge in [0.25, 0.3) is 5.56 Å². The summed E-state index contributed by atoms with van der Waals surface area (Å²) in [6.45, 7) is 1.46. The van der Waals surface area contributed by atoms with Crippen molar-refractivity contribution in [1.82, 2.24) is 9.55 Å². The van der Waals surface area contributed by atoms with Gasteiger partial charge in [-0.2, -0.15) is 0 Å². The molecule has 2 aromatic rings. The molecular weight excluding hydrogens is 278 g/mol. The number of nitrogens with zero attached hydrogens (tertiary/aromatic N) is 1. The zero-order chi connectivity index (χ0) is 14.4. The van der Waals surface area contributed by atoms with E-state index in [-0.39, 0.29) is 0 Å². The smallest absolute Gasteiger partial charge is 0.330 e. The van der Waals surface area contributed by atoms with Crippen molar-refractivity contribution in [2.75, 3.05) is 0 Å². The van der Waals surface area contributed by atoms with Gasteiger partial charge >= 0.3 is 5.69 Å². The lowest BCUT2D eigenvalue weighted by atomic mass is 9.97. The number of aromatic amines is 1. The first-order valence-electron chi connectivity index (χ1n) is 6.59. The van der Waals surface area contributed by atoms with Gasteiger partial charge in [0.1, 0.15) is 10.9 Å². The highest BCUT2D eigenvalue weighted by Gasteiger charge is 2.23. The van der Waals surface area contributed by atoms with E-state index in [4.69, 9.17) is 5.73 Å². The summed E-state index contributed by atoms with van der Waals surface area (Å²) < 4.78 is 0.923. The molecule has 1 amide bonds. The second kappa shape index (κ2) is 4.59. The summed E-state index contributed by atoms with van der Waals surface area (Å²) in [4.78, 5) is 40.4. The first-order chi connectivity index (χ1) is 9.50. The Balaban J connectivity index is 2.36. The SMILES string of the molecule is CC(C(N)=O)n1c(=O)[nH]c2sc3c(c2c1=O)CCCC3. The number of thiophene rings is 1. The molecule has 0 aromatic carbocycles. The van der Waals surface area contributed by atoms with Crippen LogP contribution in [0.3, 0.4) is 0 Å². The molecule has 0 aliphatic heterocycles. The number of fused-ring (bicyclic) bond motifs is 3. The first-order valence-corrected chi connectivity index (χ1v) is 7.40. The summed E-state index contributed by atoms with van der Waals surface area (Å²) in [5.41, 5.74) is 5.26. The van der Waals surface area contributed by atoms with Crippen molar-refractivity contribution in [3.05, 3.63) is 31.3 Å². The van der Waals surface area contributed by atoms with Gasteiger partial charge in [0.15, 0.2) is 0 Å². The highest BCUT2D eigenvalue weighted by atomic mass is 32.1. The van der Waals surface area contributed by atoms with E-state index in [1.807, 2.05) is 0 Å². The van der Waals surface area contributed by atoms with Crippen molar-refractivity contribution < 1.29 is 4.79 Å². The second-order valence-electron chi connectivity index (χ2n) is 5.10. The van der Waals surface area contributed by atoms with Crippen LogP contribution in [-0.2, 0) is 17.6 Å². The zero-order valence-electron chi connectivity index (χ0n) is 11.1. The lowest BCUT2D eigenvalue weighted by Crippen LogP contribution is -2.41. The summed E-state index contributed by atoms with van der Waals surface area (Å²) >= 11 is 1.47. The normalized spacial score (nSPS) is 16.1. The van der Waals surface area contributed by atoms with Gasteiger partial charge in [0, 0.05) is 4.88 Å². The van der Waals surface area contributed by atoms with Crippen LogP contribution in [0.4, 0.5) is 0 Å². The maximum atomic E-state index is 12.6. The molecule has 1 atom stereocenters. The van der Waals surface area contributed by atoms with Crippen LogP contribution >= 0.6 is 11.3 Å². The maximum absolute atomic E-state index is 12.6. The van der Waals surface area contributed by atoms with E-state index in [0.29, 0.717) is 10.2 Å². The molecule has 0 bridgehead atoms. The third-order valence-corrected chi connectivity index (χ3v) is 5.05. The summed E-state index contributed by atoms with van der Waals surface area (Å²) in [5.74, 6) is -0.693. The van der Waals surface area contributed by atoms with Gasteiger partial charge < -0.3 is 5.73 Å². The van der Waals surface area contributed by atoms with Gasteiger partial charge in [-0.15, -0.1) is 11.3 Å². The van der Waals surface area contributed by atoms with E-state index in [0.717, 1.165) is 35.8 Å². The summed E-state index contributed by atoms with van der Waals surface area (Å²) in [5, 5.41) is 0.553. The number of primary amides is 1. The minimum atomic E-state index is -0.949. The highest BCUT2D eigenvalue weighted by Crippen LogP contribution is 2.33. The van der Waals surface area contributed by atoms with E-state index in [1.165, 1.54) is 23.1 Å². The minimum absolute atomic E-state index is 0.408. The minimum Gasteiger partial charge on any atom is -0.368 e. The Morgan fingerprint density at radius 1 is 1.35 bits per heavy atom. The van der Waals surface area contributed by atoms with Crippen molar-refractivity contribution in [3.8, 4) is 0 Å². The van der Waals surface area contributed by atoms with E-state index in [2.05, 4.69) is 4.98 Å². The molecular formula is C13H15N3O3S. The molecule has 7 heteroatoms. The number of hydrogen-bond acceptors (Lipinski definition) is 4. The third kappa shape index (κ3) is 1.81. The van der Waals surface area contributed by atoms with Crippen LogP contribution in [0.15, 0.2) is 9.59 Å². The Bertz CT molecular complexity index is 815. The Labute approximate surface area is 118 Å². The Kier molecular flexibility index (Phi) is 3.01. The topological polar surface area (TPSA) is 97.9 Å². The molecule has 0 radical (unpaired) electrons. The number of rotatable bonds is 2. The first kappa shape index (κ1) is 13.1. The molecule has 3 N–H and O–H groups in total. The molecule has 0 spiro atoms.